The SMILES string of the molecule is COc1cccc(Cn2cc([B-](F)(F)F)cn2)c1. The zero-order chi connectivity index (χ0) is 13.2. The number of hydrogen-bond acceptors (Lipinski definition) is 2. The van der Waals surface area contributed by atoms with E-state index in [2.05, 4.69) is 5.10 Å². The van der Waals surface area contributed by atoms with Crippen molar-refractivity contribution in [3.05, 3.63) is 42.2 Å². The van der Waals surface area contributed by atoms with E-state index in [-0.39, 0.29) is 6.54 Å². The maximum atomic E-state index is 12.4. The molecule has 18 heavy (non-hydrogen) atoms. The summed E-state index contributed by atoms with van der Waals surface area (Å²) in [5.74, 6) is 0.667. The van der Waals surface area contributed by atoms with Crippen LogP contribution in [0.1, 0.15) is 5.56 Å². The number of benzene rings is 1. The van der Waals surface area contributed by atoms with Crippen LogP contribution in [-0.4, -0.2) is 23.9 Å². The summed E-state index contributed by atoms with van der Waals surface area (Å²) < 4.78 is 43.7. The van der Waals surface area contributed by atoms with Gasteiger partial charge in [0.05, 0.1) is 13.7 Å². The molecule has 7 heteroatoms. The van der Waals surface area contributed by atoms with E-state index < -0.39 is 12.4 Å². The molecule has 0 N–H and O–H groups in total. The lowest BCUT2D eigenvalue weighted by atomic mass is 9.83. The summed E-state index contributed by atoms with van der Waals surface area (Å²) in [4.78, 5) is 0. The first-order chi connectivity index (χ1) is 8.49. The molecule has 2 aromatic rings. The zero-order valence-corrected chi connectivity index (χ0v) is 9.69. The largest absolute Gasteiger partial charge is 0.512 e. The van der Waals surface area contributed by atoms with Gasteiger partial charge in [0.1, 0.15) is 5.75 Å². The third-order valence-electron chi connectivity index (χ3n) is 2.51. The fraction of sp³-hybridized carbons (Fsp3) is 0.182. The Hall–Kier alpha value is -1.92. The number of rotatable bonds is 4. The van der Waals surface area contributed by atoms with Crippen molar-refractivity contribution in [1.29, 1.82) is 0 Å². The van der Waals surface area contributed by atoms with Crippen LogP contribution in [0.5, 0.6) is 5.75 Å². The average Bonchev–Trinajstić information content (AvgIpc) is 2.77. The lowest BCUT2D eigenvalue weighted by Gasteiger charge is -2.10. The third-order valence-corrected chi connectivity index (χ3v) is 2.51. The van der Waals surface area contributed by atoms with Crippen molar-refractivity contribution >= 4 is 12.4 Å². The average molecular weight is 255 g/mol. The Balaban J connectivity index is 2.16. The maximum absolute atomic E-state index is 12.4. The number of nitrogens with zero attached hydrogens (tertiary/aromatic N) is 2. The van der Waals surface area contributed by atoms with Crippen LogP contribution in [0.3, 0.4) is 0 Å². The van der Waals surface area contributed by atoms with Crippen molar-refractivity contribution in [2.24, 2.45) is 0 Å². The predicted molar refractivity (Wildman–Crippen MR) is 63.0 cm³/mol. The smallest absolute Gasteiger partial charge is 0.497 e. The molecule has 0 radical (unpaired) electrons. The summed E-state index contributed by atoms with van der Waals surface area (Å²) >= 11 is 0. The molecule has 1 heterocycles. The van der Waals surface area contributed by atoms with Crippen LogP contribution in [-0.2, 0) is 6.54 Å². The third kappa shape index (κ3) is 2.85. The van der Waals surface area contributed by atoms with E-state index in [4.69, 9.17) is 4.74 Å². The first-order valence-electron chi connectivity index (χ1n) is 5.34. The van der Waals surface area contributed by atoms with Crippen LogP contribution in [0.4, 0.5) is 12.9 Å². The standard InChI is InChI=1S/C11H11BF3N2O/c1-18-11-4-2-3-9(5-11)7-17-8-10(6-16-17)12(13,14)15/h2-6,8H,7H2,1H3/q-1. The normalized spacial score (nSPS) is 11.6. The molecule has 0 saturated heterocycles. The van der Waals surface area contributed by atoms with Crippen molar-refractivity contribution in [3.63, 3.8) is 0 Å². The highest BCUT2D eigenvalue weighted by molar-refractivity contribution is 6.73. The number of aromatic nitrogens is 2. The van der Waals surface area contributed by atoms with Gasteiger partial charge in [0, 0.05) is 6.20 Å². The van der Waals surface area contributed by atoms with Crippen LogP contribution in [0, 0.1) is 0 Å². The van der Waals surface area contributed by atoms with Gasteiger partial charge >= 0.3 is 6.98 Å². The molecule has 96 valence electrons. The Morgan fingerprint density at radius 2 is 2.11 bits per heavy atom. The summed E-state index contributed by atoms with van der Waals surface area (Å²) in [5, 5.41) is 3.70. The Morgan fingerprint density at radius 1 is 1.33 bits per heavy atom. The van der Waals surface area contributed by atoms with Gasteiger partial charge in [0.25, 0.3) is 0 Å². The van der Waals surface area contributed by atoms with Gasteiger partial charge < -0.3 is 17.7 Å². The Morgan fingerprint density at radius 3 is 2.72 bits per heavy atom. The van der Waals surface area contributed by atoms with E-state index in [1.54, 1.807) is 18.2 Å². The summed E-state index contributed by atoms with van der Waals surface area (Å²) in [6, 6.07) is 7.13. The summed E-state index contributed by atoms with van der Waals surface area (Å²) in [6.07, 6.45) is 1.86. The molecular formula is C11H11BF3N2O-. The summed E-state index contributed by atoms with van der Waals surface area (Å²) in [6.45, 7) is -4.70. The minimum Gasteiger partial charge on any atom is -0.497 e. The molecular weight excluding hydrogens is 244 g/mol. The van der Waals surface area contributed by atoms with Crippen molar-refractivity contribution in [1.82, 2.24) is 9.78 Å². The highest BCUT2D eigenvalue weighted by atomic mass is 19.4. The van der Waals surface area contributed by atoms with Gasteiger partial charge in [0.2, 0.25) is 0 Å². The molecule has 0 amide bonds. The number of hydrogen-bond donors (Lipinski definition) is 0. The highest BCUT2D eigenvalue weighted by Crippen LogP contribution is 2.14. The van der Waals surface area contributed by atoms with E-state index in [1.807, 2.05) is 6.07 Å². The molecule has 2 rings (SSSR count). The fourth-order valence-electron chi connectivity index (χ4n) is 1.59. The number of halogens is 3. The van der Waals surface area contributed by atoms with Gasteiger partial charge in [-0.05, 0) is 23.9 Å². The molecule has 0 aliphatic carbocycles. The topological polar surface area (TPSA) is 27.1 Å². The molecule has 0 fully saturated rings. The molecule has 0 bridgehead atoms. The fourth-order valence-corrected chi connectivity index (χ4v) is 1.59. The molecule has 1 aromatic heterocycles. The summed E-state index contributed by atoms with van der Waals surface area (Å²) in [5.41, 5.74) is 0.150. The molecule has 0 saturated carbocycles. The second-order valence-corrected chi connectivity index (χ2v) is 3.90. The number of methoxy groups -OCH3 is 1. The second kappa shape index (κ2) is 4.76. The maximum Gasteiger partial charge on any atom is 0.512 e. The highest BCUT2D eigenvalue weighted by Gasteiger charge is 2.26. The van der Waals surface area contributed by atoms with E-state index in [0.29, 0.717) is 5.75 Å². The molecule has 0 aliphatic heterocycles. The lowest BCUT2D eigenvalue weighted by Crippen LogP contribution is -2.32. The van der Waals surface area contributed by atoms with E-state index in [9.17, 15) is 12.9 Å². The monoisotopic (exact) mass is 255 g/mol. The first-order valence-corrected chi connectivity index (χ1v) is 5.34. The van der Waals surface area contributed by atoms with Crippen LogP contribution >= 0.6 is 0 Å². The van der Waals surface area contributed by atoms with Crippen LogP contribution < -0.4 is 10.2 Å². The van der Waals surface area contributed by atoms with Crippen molar-refractivity contribution in [3.8, 4) is 5.75 Å². The van der Waals surface area contributed by atoms with Gasteiger partial charge in [-0.1, -0.05) is 17.6 Å². The van der Waals surface area contributed by atoms with Crippen molar-refractivity contribution in [2.45, 2.75) is 6.54 Å². The summed E-state index contributed by atoms with van der Waals surface area (Å²) in [7, 11) is 1.54. The van der Waals surface area contributed by atoms with E-state index >= 15 is 0 Å². The van der Waals surface area contributed by atoms with Gasteiger partial charge in [-0.2, -0.15) is 5.10 Å². The van der Waals surface area contributed by atoms with Gasteiger partial charge in [-0.3, -0.25) is 4.68 Å². The van der Waals surface area contributed by atoms with Gasteiger partial charge in [0.15, 0.2) is 0 Å². The quantitative estimate of drug-likeness (QED) is 0.781. The van der Waals surface area contributed by atoms with Crippen LogP contribution in [0.25, 0.3) is 0 Å². The second-order valence-electron chi connectivity index (χ2n) is 3.90. The molecule has 0 spiro atoms. The Kier molecular flexibility index (Phi) is 3.31. The zero-order valence-electron chi connectivity index (χ0n) is 9.69. The van der Waals surface area contributed by atoms with Gasteiger partial charge in [-0.25, -0.2) is 0 Å². The van der Waals surface area contributed by atoms with Gasteiger partial charge in [-0.15, -0.1) is 0 Å². The molecule has 1 aromatic carbocycles. The molecule has 0 unspecified atom stereocenters. The minimum atomic E-state index is -4.98. The molecule has 0 aliphatic rings. The first kappa shape index (κ1) is 12.5. The molecule has 3 nitrogen and oxygen atoms in total. The molecule has 0 atom stereocenters. The van der Waals surface area contributed by atoms with E-state index in [1.165, 1.54) is 11.8 Å². The van der Waals surface area contributed by atoms with E-state index in [0.717, 1.165) is 18.0 Å². The van der Waals surface area contributed by atoms with Crippen molar-refractivity contribution in [2.75, 3.05) is 7.11 Å². The minimum absolute atomic E-state index is 0.281. The Bertz CT molecular complexity index is 539. The van der Waals surface area contributed by atoms with Crippen molar-refractivity contribution < 1.29 is 17.7 Å². The number of ether oxygens (including phenoxy) is 1. The predicted octanol–water partition coefficient (Wildman–Crippen LogP) is 1.99. The lowest BCUT2D eigenvalue weighted by molar-refractivity contribution is 0.414. The van der Waals surface area contributed by atoms with Crippen LogP contribution in [0.2, 0.25) is 0 Å². The van der Waals surface area contributed by atoms with Crippen LogP contribution in [0.15, 0.2) is 36.7 Å². The Labute approximate surface area is 102 Å².